The molecule has 3 N–H and O–H groups in total. The van der Waals surface area contributed by atoms with Crippen LogP contribution >= 0.6 is 24.0 Å². The van der Waals surface area contributed by atoms with Crippen molar-refractivity contribution in [3.8, 4) is 0 Å². The zero-order chi connectivity index (χ0) is 13.3. The highest BCUT2D eigenvalue weighted by atomic mass is 35.5. The lowest BCUT2D eigenvalue weighted by Crippen LogP contribution is -2.45. The highest BCUT2D eigenvalue weighted by Crippen LogP contribution is 2.19. The van der Waals surface area contributed by atoms with Crippen molar-refractivity contribution < 1.29 is 12.8 Å². The molecule has 1 aromatic carbocycles. The van der Waals surface area contributed by atoms with E-state index in [-0.39, 0.29) is 28.9 Å². The highest BCUT2D eigenvalue weighted by molar-refractivity contribution is 7.89. The van der Waals surface area contributed by atoms with Gasteiger partial charge in [0.1, 0.15) is 5.82 Å². The van der Waals surface area contributed by atoms with Gasteiger partial charge in [0.2, 0.25) is 10.0 Å². The van der Waals surface area contributed by atoms with Crippen LogP contribution in [0.25, 0.3) is 0 Å². The van der Waals surface area contributed by atoms with Crippen molar-refractivity contribution in [1.82, 2.24) is 4.72 Å². The van der Waals surface area contributed by atoms with E-state index in [1.165, 1.54) is 0 Å². The van der Waals surface area contributed by atoms with Crippen molar-refractivity contribution >= 4 is 34.0 Å². The number of nitrogens with one attached hydrogen (secondary N) is 1. The molecule has 0 aliphatic rings. The fourth-order valence-electron chi connectivity index (χ4n) is 1.01. The van der Waals surface area contributed by atoms with Crippen LogP contribution in [0.5, 0.6) is 0 Å². The Labute approximate surface area is 117 Å². The van der Waals surface area contributed by atoms with E-state index in [1.807, 2.05) is 0 Å². The molecule has 0 heterocycles. The zero-order valence-corrected chi connectivity index (χ0v) is 12.3. The normalized spacial score (nSPS) is 12.1. The summed E-state index contributed by atoms with van der Waals surface area (Å²) in [6.07, 6.45) is 0. The lowest BCUT2D eigenvalue weighted by molar-refractivity contribution is 0.498. The van der Waals surface area contributed by atoms with Gasteiger partial charge in [-0.2, -0.15) is 0 Å². The Balaban J connectivity index is 0.00000289. The van der Waals surface area contributed by atoms with Crippen LogP contribution in [0.1, 0.15) is 13.8 Å². The summed E-state index contributed by atoms with van der Waals surface area (Å²) in [5.41, 5.74) is 4.99. The number of sulfonamides is 1. The lowest BCUT2D eigenvalue weighted by atomic mass is 10.1. The maximum absolute atomic E-state index is 12.9. The Morgan fingerprint density at radius 2 is 2.00 bits per heavy atom. The van der Waals surface area contributed by atoms with E-state index < -0.39 is 21.4 Å². The Bertz CT molecular complexity index is 515. The Morgan fingerprint density at radius 3 is 2.44 bits per heavy atom. The molecule has 0 atom stereocenters. The van der Waals surface area contributed by atoms with Gasteiger partial charge in [-0.3, -0.25) is 0 Å². The highest BCUT2D eigenvalue weighted by Gasteiger charge is 2.19. The van der Waals surface area contributed by atoms with E-state index in [0.29, 0.717) is 0 Å². The van der Waals surface area contributed by atoms with Crippen LogP contribution in [0.15, 0.2) is 23.1 Å². The van der Waals surface area contributed by atoms with Crippen LogP contribution in [-0.4, -0.2) is 20.5 Å². The minimum absolute atomic E-state index is 0. The molecule has 0 saturated heterocycles. The molecule has 0 spiro atoms. The summed E-state index contributed by atoms with van der Waals surface area (Å²) in [4.78, 5) is -0.0897. The molecule has 0 aliphatic heterocycles. The van der Waals surface area contributed by atoms with E-state index in [1.54, 1.807) is 13.8 Å². The van der Waals surface area contributed by atoms with Gasteiger partial charge in [-0.15, -0.1) is 12.4 Å². The summed E-state index contributed by atoms with van der Waals surface area (Å²) in [6.45, 7) is 3.45. The first kappa shape index (κ1) is 17.6. The molecule has 0 amide bonds. The molecular formula is C10H15Cl2FN2O2S. The van der Waals surface area contributed by atoms with Crippen molar-refractivity contribution in [2.45, 2.75) is 24.3 Å². The van der Waals surface area contributed by atoms with Gasteiger partial charge in [0.15, 0.2) is 0 Å². The minimum atomic E-state index is -3.71. The topological polar surface area (TPSA) is 72.2 Å². The van der Waals surface area contributed by atoms with Crippen molar-refractivity contribution in [3.05, 3.63) is 29.0 Å². The average molecular weight is 317 g/mol. The van der Waals surface area contributed by atoms with Crippen molar-refractivity contribution in [2.24, 2.45) is 5.73 Å². The molecule has 4 nitrogen and oxygen atoms in total. The summed E-state index contributed by atoms with van der Waals surface area (Å²) >= 11 is 5.52. The largest absolute Gasteiger partial charge is 0.324 e. The molecule has 1 rings (SSSR count). The van der Waals surface area contributed by atoms with E-state index in [2.05, 4.69) is 4.72 Å². The van der Waals surface area contributed by atoms with Gasteiger partial charge in [-0.25, -0.2) is 17.5 Å². The fraction of sp³-hybridized carbons (Fsp3) is 0.400. The van der Waals surface area contributed by atoms with Gasteiger partial charge in [-0.1, -0.05) is 11.6 Å². The van der Waals surface area contributed by atoms with Crippen LogP contribution < -0.4 is 10.5 Å². The monoisotopic (exact) mass is 316 g/mol. The third kappa shape index (κ3) is 5.07. The van der Waals surface area contributed by atoms with E-state index >= 15 is 0 Å². The van der Waals surface area contributed by atoms with E-state index in [0.717, 1.165) is 18.2 Å². The Hall–Kier alpha value is -0.400. The smallest absolute Gasteiger partial charge is 0.240 e. The van der Waals surface area contributed by atoms with Gasteiger partial charge < -0.3 is 5.73 Å². The number of benzene rings is 1. The van der Waals surface area contributed by atoms with E-state index in [4.69, 9.17) is 17.3 Å². The SMILES string of the molecule is CC(C)(N)CNS(=O)(=O)c1ccc(F)c(Cl)c1.Cl. The lowest BCUT2D eigenvalue weighted by Gasteiger charge is -2.19. The molecular weight excluding hydrogens is 302 g/mol. The third-order valence-electron chi connectivity index (χ3n) is 1.92. The van der Waals surface area contributed by atoms with Crippen LogP contribution in [0.2, 0.25) is 5.02 Å². The quantitative estimate of drug-likeness (QED) is 0.891. The first-order valence-corrected chi connectivity index (χ1v) is 6.71. The molecule has 0 aromatic heterocycles. The van der Waals surface area contributed by atoms with Crippen LogP contribution in [-0.2, 0) is 10.0 Å². The zero-order valence-electron chi connectivity index (χ0n) is 9.91. The first-order chi connectivity index (χ1) is 7.62. The average Bonchev–Trinajstić information content (AvgIpc) is 2.18. The van der Waals surface area contributed by atoms with Gasteiger partial charge in [-0.05, 0) is 32.0 Å². The maximum atomic E-state index is 12.9. The molecule has 18 heavy (non-hydrogen) atoms. The second-order valence-electron chi connectivity index (χ2n) is 4.39. The van der Waals surface area contributed by atoms with Gasteiger partial charge in [0.05, 0.1) is 9.92 Å². The standard InChI is InChI=1S/C10H14ClFN2O2S.ClH/c1-10(2,13)6-14-17(15,16)7-3-4-9(12)8(11)5-7;/h3-5,14H,6,13H2,1-2H3;1H. The van der Waals surface area contributed by atoms with Crippen LogP contribution in [0.3, 0.4) is 0 Å². The van der Waals surface area contributed by atoms with Crippen molar-refractivity contribution in [2.75, 3.05) is 6.54 Å². The summed E-state index contributed by atoms with van der Waals surface area (Å²) in [5.74, 6) is -0.662. The van der Waals surface area contributed by atoms with Gasteiger partial charge in [0.25, 0.3) is 0 Å². The summed E-state index contributed by atoms with van der Waals surface area (Å²) in [5, 5.41) is -0.236. The molecule has 0 unspecified atom stereocenters. The summed E-state index contributed by atoms with van der Waals surface area (Å²) in [6, 6.07) is 3.21. The second-order valence-corrected chi connectivity index (χ2v) is 6.56. The minimum Gasteiger partial charge on any atom is -0.324 e. The number of hydrogen-bond acceptors (Lipinski definition) is 3. The number of nitrogens with two attached hydrogens (primary N) is 1. The molecule has 0 bridgehead atoms. The predicted octanol–water partition coefficient (Wildman–Crippen LogP) is 1.92. The molecule has 0 aliphatic carbocycles. The second kappa shape index (κ2) is 6.16. The van der Waals surface area contributed by atoms with Gasteiger partial charge >= 0.3 is 0 Å². The molecule has 0 fully saturated rings. The molecule has 8 heteroatoms. The van der Waals surface area contributed by atoms with Crippen LogP contribution in [0, 0.1) is 5.82 Å². The fourth-order valence-corrected chi connectivity index (χ4v) is 2.50. The third-order valence-corrected chi connectivity index (χ3v) is 3.61. The summed E-state index contributed by atoms with van der Waals surface area (Å²) in [7, 11) is -3.71. The summed E-state index contributed by atoms with van der Waals surface area (Å²) < 4.78 is 38.8. The Morgan fingerprint density at radius 1 is 1.44 bits per heavy atom. The Kier molecular flexibility index (Phi) is 6.03. The van der Waals surface area contributed by atoms with E-state index in [9.17, 15) is 12.8 Å². The first-order valence-electron chi connectivity index (χ1n) is 4.85. The number of rotatable bonds is 4. The van der Waals surface area contributed by atoms with Crippen molar-refractivity contribution in [3.63, 3.8) is 0 Å². The van der Waals surface area contributed by atoms with Gasteiger partial charge in [0, 0.05) is 12.1 Å². The number of hydrogen-bond donors (Lipinski definition) is 2. The maximum Gasteiger partial charge on any atom is 0.240 e. The molecule has 104 valence electrons. The molecule has 1 aromatic rings. The molecule has 0 saturated carbocycles. The predicted molar refractivity (Wildman–Crippen MR) is 72.1 cm³/mol. The molecule has 0 radical (unpaired) electrons. The number of halogens is 3. The van der Waals surface area contributed by atoms with Crippen LogP contribution in [0.4, 0.5) is 4.39 Å². The van der Waals surface area contributed by atoms with Crippen molar-refractivity contribution in [1.29, 1.82) is 0 Å².